The first-order valence-corrected chi connectivity index (χ1v) is 8.60. The first kappa shape index (κ1) is 18.2. The maximum absolute atomic E-state index is 12.5. The fraction of sp³-hybridized carbons (Fsp3) is 0.143. The van der Waals surface area contributed by atoms with E-state index in [1.807, 2.05) is 0 Å². The van der Waals surface area contributed by atoms with E-state index in [2.05, 4.69) is 10.3 Å². The first-order chi connectivity index (χ1) is 11.0. The minimum absolute atomic E-state index is 0.0167. The van der Waals surface area contributed by atoms with E-state index in [0.717, 1.165) is 12.3 Å². The van der Waals surface area contributed by atoms with Crippen LogP contribution in [0.25, 0.3) is 0 Å². The normalized spacial score (nSPS) is 12.0. The van der Waals surface area contributed by atoms with Gasteiger partial charge in [0.1, 0.15) is 10.8 Å². The van der Waals surface area contributed by atoms with Crippen molar-refractivity contribution >= 4 is 33.0 Å². The molecule has 0 unspecified atom stereocenters. The number of nitrogens with zero attached hydrogens (tertiary/aromatic N) is 1. The summed E-state index contributed by atoms with van der Waals surface area (Å²) in [5, 5.41) is 1.75. The molecular formula is C14H10ClF3N2O3S. The van der Waals surface area contributed by atoms with Gasteiger partial charge in [0.2, 0.25) is 0 Å². The molecule has 0 fully saturated rings. The molecule has 1 aromatic heterocycles. The molecule has 0 aliphatic heterocycles. The number of alkyl halides is 3. The number of hydrogen-bond acceptors (Lipinski definition) is 4. The molecule has 0 aliphatic carbocycles. The van der Waals surface area contributed by atoms with E-state index in [9.17, 15) is 26.4 Å². The molecule has 0 aliphatic rings. The lowest BCUT2D eigenvalue weighted by Crippen LogP contribution is -2.15. The molecule has 128 valence electrons. The smallest absolute Gasteiger partial charge is 0.322 e. The van der Waals surface area contributed by atoms with Crippen molar-refractivity contribution in [2.75, 3.05) is 11.6 Å². The van der Waals surface area contributed by atoms with Crippen LogP contribution in [0.1, 0.15) is 16.1 Å². The SMILES string of the molecule is CS(=O)(=O)c1cccc(NC(=O)c2ccc(C(F)(F)F)nc2Cl)c1. The van der Waals surface area contributed by atoms with Gasteiger partial charge in [0.05, 0.1) is 10.5 Å². The van der Waals surface area contributed by atoms with Gasteiger partial charge in [-0.1, -0.05) is 17.7 Å². The fourth-order valence-electron chi connectivity index (χ4n) is 1.76. The molecule has 24 heavy (non-hydrogen) atoms. The predicted molar refractivity (Wildman–Crippen MR) is 81.8 cm³/mol. The highest BCUT2D eigenvalue weighted by Gasteiger charge is 2.33. The highest BCUT2D eigenvalue weighted by molar-refractivity contribution is 7.90. The van der Waals surface area contributed by atoms with Crippen molar-refractivity contribution in [2.24, 2.45) is 0 Å². The summed E-state index contributed by atoms with van der Waals surface area (Å²) in [5.74, 6) is -0.813. The zero-order valence-corrected chi connectivity index (χ0v) is 13.6. The Kier molecular flexibility index (Phi) is 4.86. The van der Waals surface area contributed by atoms with E-state index in [0.29, 0.717) is 6.07 Å². The molecule has 10 heteroatoms. The van der Waals surface area contributed by atoms with Crippen LogP contribution in [0.5, 0.6) is 0 Å². The Balaban J connectivity index is 2.28. The lowest BCUT2D eigenvalue weighted by Gasteiger charge is -2.10. The van der Waals surface area contributed by atoms with Crippen molar-refractivity contribution in [1.82, 2.24) is 4.98 Å². The first-order valence-electron chi connectivity index (χ1n) is 6.34. The third kappa shape index (κ3) is 4.24. The summed E-state index contributed by atoms with van der Waals surface area (Å²) in [6.07, 6.45) is -3.67. The zero-order chi connectivity index (χ0) is 18.1. The molecule has 0 spiro atoms. The van der Waals surface area contributed by atoms with Crippen LogP contribution < -0.4 is 5.32 Å². The number of rotatable bonds is 3. The molecule has 0 bridgehead atoms. The van der Waals surface area contributed by atoms with Crippen molar-refractivity contribution in [1.29, 1.82) is 0 Å². The van der Waals surface area contributed by atoms with Crippen LogP contribution in [-0.2, 0) is 16.0 Å². The number of pyridine rings is 1. The van der Waals surface area contributed by atoms with Gasteiger partial charge in [-0.2, -0.15) is 13.2 Å². The molecular weight excluding hydrogens is 369 g/mol. The second-order valence-electron chi connectivity index (χ2n) is 4.79. The van der Waals surface area contributed by atoms with Gasteiger partial charge in [-0.3, -0.25) is 4.79 Å². The average Bonchev–Trinajstić information content (AvgIpc) is 2.45. The Hall–Kier alpha value is -2.13. The number of hydrogen-bond donors (Lipinski definition) is 1. The van der Waals surface area contributed by atoms with Gasteiger partial charge >= 0.3 is 6.18 Å². The summed E-state index contributed by atoms with van der Waals surface area (Å²) in [7, 11) is -3.47. The number of amides is 1. The van der Waals surface area contributed by atoms with Crippen molar-refractivity contribution in [3.63, 3.8) is 0 Å². The summed E-state index contributed by atoms with van der Waals surface area (Å²) in [5.41, 5.74) is -1.34. The Morgan fingerprint density at radius 3 is 2.42 bits per heavy atom. The van der Waals surface area contributed by atoms with E-state index >= 15 is 0 Å². The molecule has 1 aromatic carbocycles. The minimum Gasteiger partial charge on any atom is -0.322 e. The predicted octanol–water partition coefficient (Wildman–Crippen LogP) is 3.41. The fourth-order valence-corrected chi connectivity index (χ4v) is 2.67. The van der Waals surface area contributed by atoms with Gasteiger partial charge in [0.15, 0.2) is 9.84 Å². The molecule has 0 atom stereocenters. The van der Waals surface area contributed by atoms with Crippen LogP contribution in [0.4, 0.5) is 18.9 Å². The molecule has 5 nitrogen and oxygen atoms in total. The van der Waals surface area contributed by atoms with E-state index < -0.39 is 32.8 Å². The van der Waals surface area contributed by atoms with Crippen molar-refractivity contribution in [2.45, 2.75) is 11.1 Å². The summed E-state index contributed by atoms with van der Waals surface area (Å²) in [6, 6.07) is 6.94. The molecule has 2 aromatic rings. The van der Waals surface area contributed by atoms with Gasteiger partial charge in [0, 0.05) is 11.9 Å². The Bertz CT molecular complexity index is 898. The number of sulfone groups is 1. The molecule has 1 amide bonds. The number of aromatic nitrogens is 1. The quantitative estimate of drug-likeness (QED) is 0.830. The monoisotopic (exact) mass is 378 g/mol. The number of halogens is 4. The van der Waals surface area contributed by atoms with Gasteiger partial charge in [0.25, 0.3) is 5.91 Å². The molecule has 0 saturated heterocycles. The third-order valence-electron chi connectivity index (χ3n) is 2.90. The van der Waals surface area contributed by atoms with Crippen LogP contribution in [0.3, 0.4) is 0 Å². The summed E-state index contributed by atoms with van der Waals surface area (Å²) in [6.45, 7) is 0. The van der Waals surface area contributed by atoms with Gasteiger partial charge in [-0.25, -0.2) is 13.4 Å². The minimum atomic E-state index is -4.68. The van der Waals surface area contributed by atoms with Crippen LogP contribution in [-0.4, -0.2) is 25.6 Å². The Morgan fingerprint density at radius 2 is 1.88 bits per heavy atom. The second-order valence-corrected chi connectivity index (χ2v) is 7.16. The average molecular weight is 379 g/mol. The topological polar surface area (TPSA) is 76.1 Å². The number of benzene rings is 1. The van der Waals surface area contributed by atoms with E-state index in [-0.39, 0.29) is 16.1 Å². The Morgan fingerprint density at radius 1 is 1.21 bits per heavy atom. The van der Waals surface area contributed by atoms with Crippen molar-refractivity contribution in [3.05, 3.63) is 52.8 Å². The zero-order valence-electron chi connectivity index (χ0n) is 12.1. The maximum Gasteiger partial charge on any atom is 0.433 e. The molecule has 2 rings (SSSR count). The summed E-state index contributed by atoms with van der Waals surface area (Å²) >= 11 is 5.63. The van der Waals surface area contributed by atoms with Crippen LogP contribution in [0.2, 0.25) is 5.15 Å². The number of carbonyl (C=O) groups is 1. The molecule has 0 radical (unpaired) electrons. The largest absolute Gasteiger partial charge is 0.433 e. The lowest BCUT2D eigenvalue weighted by atomic mass is 10.2. The molecule has 1 N–H and O–H groups in total. The van der Waals surface area contributed by atoms with Gasteiger partial charge < -0.3 is 5.32 Å². The Labute approximate surface area is 140 Å². The van der Waals surface area contributed by atoms with E-state index in [1.54, 1.807) is 0 Å². The third-order valence-corrected chi connectivity index (χ3v) is 4.30. The maximum atomic E-state index is 12.5. The van der Waals surface area contributed by atoms with Crippen molar-refractivity contribution in [3.8, 4) is 0 Å². The number of nitrogens with one attached hydrogen (secondary N) is 1. The number of carbonyl (C=O) groups excluding carboxylic acids is 1. The second kappa shape index (κ2) is 6.40. The lowest BCUT2D eigenvalue weighted by molar-refractivity contribution is -0.141. The molecule has 0 saturated carbocycles. The van der Waals surface area contributed by atoms with Gasteiger partial charge in [-0.15, -0.1) is 0 Å². The highest BCUT2D eigenvalue weighted by atomic mass is 35.5. The van der Waals surface area contributed by atoms with E-state index in [4.69, 9.17) is 11.6 Å². The summed E-state index contributed by atoms with van der Waals surface area (Å²) in [4.78, 5) is 15.2. The van der Waals surface area contributed by atoms with Gasteiger partial charge in [-0.05, 0) is 30.3 Å². The van der Waals surface area contributed by atoms with Crippen LogP contribution in [0, 0.1) is 0 Å². The van der Waals surface area contributed by atoms with E-state index in [1.165, 1.54) is 24.3 Å². The number of anilines is 1. The standard InChI is InChI=1S/C14H10ClF3N2O3S/c1-24(22,23)9-4-2-3-8(7-9)19-13(21)10-5-6-11(14(16,17)18)20-12(10)15/h2-7H,1H3,(H,19,21). The highest BCUT2D eigenvalue weighted by Crippen LogP contribution is 2.29. The van der Waals surface area contributed by atoms with Crippen LogP contribution >= 0.6 is 11.6 Å². The van der Waals surface area contributed by atoms with Crippen molar-refractivity contribution < 1.29 is 26.4 Å². The summed E-state index contributed by atoms with van der Waals surface area (Å²) < 4.78 is 60.5. The van der Waals surface area contributed by atoms with Crippen LogP contribution in [0.15, 0.2) is 41.3 Å². The molecule has 1 heterocycles.